The first kappa shape index (κ1) is 21.9. The minimum atomic E-state index is -0.171. The highest BCUT2D eigenvalue weighted by molar-refractivity contribution is 5.81. The Labute approximate surface area is 180 Å². The second kappa shape index (κ2) is 10.8. The molecule has 5 heteroatoms. The van der Waals surface area contributed by atoms with E-state index in [2.05, 4.69) is 24.4 Å². The zero-order valence-corrected chi connectivity index (χ0v) is 18.1. The molecular formula is C25H33N3O2. The largest absolute Gasteiger partial charge is 0.341 e. The molecule has 2 aromatic carbocycles. The van der Waals surface area contributed by atoms with Gasteiger partial charge in [-0.2, -0.15) is 0 Å². The summed E-state index contributed by atoms with van der Waals surface area (Å²) in [6.45, 7) is 3.81. The first-order chi connectivity index (χ1) is 14.6. The molecule has 3 rings (SSSR count). The van der Waals surface area contributed by atoms with Crippen molar-refractivity contribution in [1.29, 1.82) is 0 Å². The van der Waals surface area contributed by atoms with Crippen LogP contribution in [0.25, 0.3) is 0 Å². The number of rotatable bonds is 7. The van der Waals surface area contributed by atoms with E-state index >= 15 is 0 Å². The molecular weight excluding hydrogens is 374 g/mol. The van der Waals surface area contributed by atoms with Gasteiger partial charge < -0.3 is 15.1 Å². The summed E-state index contributed by atoms with van der Waals surface area (Å²) in [4.78, 5) is 29.8. The molecule has 1 aliphatic heterocycles. The third-order valence-corrected chi connectivity index (χ3v) is 5.82. The molecule has 0 bridgehead atoms. The van der Waals surface area contributed by atoms with E-state index in [-0.39, 0.29) is 23.9 Å². The van der Waals surface area contributed by atoms with Gasteiger partial charge in [-0.25, -0.2) is 4.79 Å². The van der Waals surface area contributed by atoms with Gasteiger partial charge in [0.2, 0.25) is 5.91 Å². The molecule has 0 aromatic heterocycles. The average molecular weight is 408 g/mol. The molecule has 1 aliphatic rings. The smallest absolute Gasteiger partial charge is 0.317 e. The van der Waals surface area contributed by atoms with Crippen LogP contribution < -0.4 is 5.32 Å². The molecule has 160 valence electrons. The summed E-state index contributed by atoms with van der Waals surface area (Å²) < 4.78 is 0. The van der Waals surface area contributed by atoms with Gasteiger partial charge in [-0.15, -0.1) is 0 Å². The molecule has 0 radical (unpaired) electrons. The second-order valence-corrected chi connectivity index (χ2v) is 8.12. The van der Waals surface area contributed by atoms with Crippen molar-refractivity contribution in [3.8, 4) is 0 Å². The maximum atomic E-state index is 13.1. The summed E-state index contributed by atoms with van der Waals surface area (Å²) in [6.07, 6.45) is 3.57. The molecule has 30 heavy (non-hydrogen) atoms. The Balaban J connectivity index is 1.70. The Morgan fingerprint density at radius 1 is 1.03 bits per heavy atom. The molecule has 2 unspecified atom stereocenters. The first-order valence-electron chi connectivity index (χ1n) is 11.0. The molecule has 0 aliphatic carbocycles. The summed E-state index contributed by atoms with van der Waals surface area (Å²) in [5.41, 5.74) is 2.24. The monoisotopic (exact) mass is 407 g/mol. The number of unbranched alkanes of at least 4 members (excludes halogenated alkanes) is 1. The number of likely N-dealkylation sites (tertiary alicyclic amines) is 1. The predicted molar refractivity (Wildman–Crippen MR) is 120 cm³/mol. The van der Waals surface area contributed by atoms with Gasteiger partial charge in [0.1, 0.15) is 0 Å². The summed E-state index contributed by atoms with van der Waals surface area (Å²) >= 11 is 0. The Kier molecular flexibility index (Phi) is 7.89. The van der Waals surface area contributed by atoms with Crippen LogP contribution in [0.1, 0.15) is 49.8 Å². The van der Waals surface area contributed by atoms with Crippen molar-refractivity contribution < 1.29 is 9.59 Å². The van der Waals surface area contributed by atoms with Gasteiger partial charge in [-0.3, -0.25) is 4.79 Å². The molecule has 1 heterocycles. The molecule has 3 amide bonds. The maximum absolute atomic E-state index is 13.1. The van der Waals surface area contributed by atoms with Crippen LogP contribution in [0.4, 0.5) is 4.79 Å². The molecule has 5 nitrogen and oxygen atoms in total. The van der Waals surface area contributed by atoms with Crippen LogP contribution in [0.2, 0.25) is 0 Å². The van der Waals surface area contributed by atoms with E-state index in [1.165, 1.54) is 0 Å². The van der Waals surface area contributed by atoms with Gasteiger partial charge in [0.25, 0.3) is 0 Å². The van der Waals surface area contributed by atoms with Crippen molar-refractivity contribution in [1.82, 2.24) is 15.1 Å². The molecule has 0 spiro atoms. The van der Waals surface area contributed by atoms with Crippen molar-refractivity contribution in [2.24, 2.45) is 5.92 Å². The number of hydrogen-bond donors (Lipinski definition) is 1. The number of urea groups is 1. The standard InChI is InChI=1S/C25H33N3O2/c1-3-4-17-26-25(30)28-19-22(15-16-23(28)21-13-9-6-10-14-21)24(29)27(2)18-20-11-7-5-8-12-20/h5-14,22-23H,3-4,15-19H2,1-2H3,(H,26,30). The van der Waals surface area contributed by atoms with E-state index in [4.69, 9.17) is 0 Å². The summed E-state index contributed by atoms with van der Waals surface area (Å²) in [7, 11) is 1.85. The Morgan fingerprint density at radius 2 is 1.70 bits per heavy atom. The van der Waals surface area contributed by atoms with E-state index in [1.54, 1.807) is 4.90 Å². The van der Waals surface area contributed by atoms with Crippen molar-refractivity contribution >= 4 is 11.9 Å². The number of carbonyl (C=O) groups is 2. The zero-order chi connectivity index (χ0) is 21.3. The third kappa shape index (κ3) is 5.62. The van der Waals surface area contributed by atoms with Crippen molar-refractivity contribution in [3.63, 3.8) is 0 Å². The highest BCUT2D eigenvalue weighted by atomic mass is 16.2. The zero-order valence-electron chi connectivity index (χ0n) is 18.1. The molecule has 1 N–H and O–H groups in total. The molecule has 2 aromatic rings. The van der Waals surface area contributed by atoms with Gasteiger partial charge in [-0.05, 0) is 30.4 Å². The predicted octanol–water partition coefficient (Wildman–Crippen LogP) is 4.61. The lowest BCUT2D eigenvalue weighted by Crippen LogP contribution is -2.50. The normalized spacial score (nSPS) is 18.7. The topological polar surface area (TPSA) is 52.7 Å². The summed E-state index contributed by atoms with van der Waals surface area (Å²) in [5.74, 6) is -0.0627. The maximum Gasteiger partial charge on any atom is 0.317 e. The van der Waals surface area contributed by atoms with E-state index in [0.717, 1.165) is 36.8 Å². The fraction of sp³-hybridized carbons (Fsp3) is 0.440. The van der Waals surface area contributed by atoms with Gasteiger partial charge >= 0.3 is 6.03 Å². The van der Waals surface area contributed by atoms with E-state index in [1.807, 2.05) is 60.5 Å². The van der Waals surface area contributed by atoms with Crippen LogP contribution >= 0.6 is 0 Å². The SMILES string of the molecule is CCCCNC(=O)N1CC(C(=O)N(C)Cc2ccccc2)CCC1c1ccccc1. The van der Waals surface area contributed by atoms with Crippen LogP contribution in [-0.2, 0) is 11.3 Å². The number of nitrogens with one attached hydrogen (secondary N) is 1. The van der Waals surface area contributed by atoms with Crippen LogP contribution in [0, 0.1) is 5.92 Å². The third-order valence-electron chi connectivity index (χ3n) is 5.82. The minimum Gasteiger partial charge on any atom is -0.341 e. The quantitative estimate of drug-likeness (QED) is 0.682. The van der Waals surface area contributed by atoms with Gasteiger partial charge in [0.15, 0.2) is 0 Å². The summed E-state index contributed by atoms with van der Waals surface area (Å²) in [5, 5.41) is 3.04. The van der Waals surface area contributed by atoms with Crippen LogP contribution in [-0.4, -0.2) is 41.9 Å². The Bertz CT molecular complexity index is 810. The molecule has 0 saturated carbocycles. The Hall–Kier alpha value is -2.82. The van der Waals surface area contributed by atoms with Gasteiger partial charge in [0.05, 0.1) is 12.0 Å². The number of hydrogen-bond acceptors (Lipinski definition) is 2. The first-order valence-corrected chi connectivity index (χ1v) is 11.0. The lowest BCUT2D eigenvalue weighted by Gasteiger charge is -2.40. The fourth-order valence-electron chi connectivity index (χ4n) is 4.14. The van der Waals surface area contributed by atoms with Gasteiger partial charge in [0, 0.05) is 26.7 Å². The van der Waals surface area contributed by atoms with Crippen LogP contribution in [0.3, 0.4) is 0 Å². The van der Waals surface area contributed by atoms with Crippen molar-refractivity contribution in [2.45, 2.75) is 45.2 Å². The van der Waals surface area contributed by atoms with E-state index in [0.29, 0.717) is 19.6 Å². The molecule has 2 atom stereocenters. The van der Waals surface area contributed by atoms with Crippen molar-refractivity contribution in [2.75, 3.05) is 20.1 Å². The summed E-state index contributed by atoms with van der Waals surface area (Å²) in [6, 6.07) is 20.1. The number of amides is 3. The fourth-order valence-corrected chi connectivity index (χ4v) is 4.14. The average Bonchev–Trinajstić information content (AvgIpc) is 2.79. The lowest BCUT2D eigenvalue weighted by atomic mass is 9.88. The van der Waals surface area contributed by atoms with Crippen molar-refractivity contribution in [3.05, 3.63) is 71.8 Å². The highest BCUT2D eigenvalue weighted by Crippen LogP contribution is 2.34. The number of nitrogens with zero attached hydrogens (tertiary/aromatic N) is 2. The highest BCUT2D eigenvalue weighted by Gasteiger charge is 2.36. The Morgan fingerprint density at radius 3 is 2.37 bits per heavy atom. The van der Waals surface area contributed by atoms with E-state index < -0.39 is 0 Å². The minimum absolute atomic E-state index is 0.0105. The lowest BCUT2D eigenvalue weighted by molar-refractivity contribution is -0.136. The number of piperidine rings is 1. The van der Waals surface area contributed by atoms with E-state index in [9.17, 15) is 9.59 Å². The number of carbonyl (C=O) groups excluding carboxylic acids is 2. The second-order valence-electron chi connectivity index (χ2n) is 8.12. The van der Waals surface area contributed by atoms with Crippen LogP contribution in [0.15, 0.2) is 60.7 Å². The molecule has 1 saturated heterocycles. The molecule has 1 fully saturated rings. The van der Waals surface area contributed by atoms with Crippen LogP contribution in [0.5, 0.6) is 0 Å². The van der Waals surface area contributed by atoms with Gasteiger partial charge in [-0.1, -0.05) is 74.0 Å². The number of benzene rings is 2.